The molecule has 128 valence electrons. The summed E-state index contributed by atoms with van der Waals surface area (Å²) in [5.41, 5.74) is 0.642. The number of amides is 2. The fourth-order valence-corrected chi connectivity index (χ4v) is 3.25. The second-order valence-electron chi connectivity index (χ2n) is 4.64. The molecule has 0 radical (unpaired) electrons. The van der Waals surface area contributed by atoms with Crippen LogP contribution in [0.3, 0.4) is 0 Å². The first kappa shape index (κ1) is 18.3. The molecule has 24 heavy (non-hydrogen) atoms. The SMILES string of the molecule is COC(=O)COc1c(Br)cc(/C=C2\SC(=O)N(C)C2=O)cc1OC. The Bertz CT molecular complexity index is 733. The van der Waals surface area contributed by atoms with Gasteiger partial charge in [0.15, 0.2) is 18.1 Å². The fraction of sp³-hybridized carbons (Fsp3) is 0.267. The smallest absolute Gasteiger partial charge is 0.343 e. The van der Waals surface area contributed by atoms with E-state index in [0.717, 1.165) is 16.7 Å². The summed E-state index contributed by atoms with van der Waals surface area (Å²) < 4.78 is 15.7. The summed E-state index contributed by atoms with van der Waals surface area (Å²) >= 11 is 4.21. The highest BCUT2D eigenvalue weighted by atomic mass is 79.9. The van der Waals surface area contributed by atoms with Crippen molar-refractivity contribution in [3.63, 3.8) is 0 Å². The van der Waals surface area contributed by atoms with Crippen LogP contribution in [0.1, 0.15) is 5.56 Å². The van der Waals surface area contributed by atoms with Crippen molar-refractivity contribution in [3.05, 3.63) is 27.1 Å². The highest BCUT2D eigenvalue weighted by Gasteiger charge is 2.31. The van der Waals surface area contributed by atoms with Crippen molar-refractivity contribution in [3.8, 4) is 11.5 Å². The minimum absolute atomic E-state index is 0.264. The van der Waals surface area contributed by atoms with Gasteiger partial charge in [0.25, 0.3) is 11.1 Å². The molecule has 1 heterocycles. The zero-order valence-electron chi connectivity index (χ0n) is 13.1. The van der Waals surface area contributed by atoms with Gasteiger partial charge in [-0.1, -0.05) is 0 Å². The molecule has 0 aliphatic carbocycles. The van der Waals surface area contributed by atoms with Crippen LogP contribution in [0, 0.1) is 0 Å². The van der Waals surface area contributed by atoms with Gasteiger partial charge in [0.2, 0.25) is 0 Å². The van der Waals surface area contributed by atoms with Crippen LogP contribution in [0.25, 0.3) is 6.08 Å². The topological polar surface area (TPSA) is 82.1 Å². The van der Waals surface area contributed by atoms with Crippen molar-refractivity contribution < 1.29 is 28.6 Å². The lowest BCUT2D eigenvalue weighted by molar-refractivity contribution is -0.143. The second-order valence-corrected chi connectivity index (χ2v) is 6.49. The maximum absolute atomic E-state index is 11.9. The number of rotatable bonds is 5. The van der Waals surface area contributed by atoms with E-state index in [4.69, 9.17) is 9.47 Å². The van der Waals surface area contributed by atoms with Crippen LogP contribution in [-0.4, -0.2) is 49.9 Å². The van der Waals surface area contributed by atoms with Crippen LogP contribution in [0.2, 0.25) is 0 Å². The predicted molar refractivity (Wildman–Crippen MR) is 91.9 cm³/mol. The van der Waals surface area contributed by atoms with Crippen molar-refractivity contribution in [2.75, 3.05) is 27.9 Å². The lowest BCUT2D eigenvalue weighted by Gasteiger charge is -2.13. The Morgan fingerprint density at radius 2 is 2.04 bits per heavy atom. The third-order valence-corrected chi connectivity index (χ3v) is 4.65. The van der Waals surface area contributed by atoms with Crippen molar-refractivity contribution in [2.45, 2.75) is 0 Å². The summed E-state index contributed by atoms with van der Waals surface area (Å²) in [5, 5.41) is -0.324. The Labute approximate surface area is 151 Å². The average molecular weight is 416 g/mol. The van der Waals surface area contributed by atoms with E-state index in [0.29, 0.717) is 26.4 Å². The van der Waals surface area contributed by atoms with Crippen LogP contribution < -0.4 is 9.47 Å². The van der Waals surface area contributed by atoms with Gasteiger partial charge in [-0.05, 0) is 51.5 Å². The molecular weight excluding hydrogens is 402 g/mol. The molecule has 0 saturated carbocycles. The molecule has 1 aliphatic heterocycles. The van der Waals surface area contributed by atoms with Gasteiger partial charge in [-0.2, -0.15) is 0 Å². The Kier molecular flexibility index (Phi) is 5.89. The molecule has 0 spiro atoms. The fourth-order valence-electron chi connectivity index (χ4n) is 1.85. The molecular formula is C15H14BrNO6S. The number of likely N-dealkylation sites (N-methyl/N-ethyl adjacent to an activating group) is 1. The summed E-state index contributed by atoms with van der Waals surface area (Å²) in [5.74, 6) is -0.172. The van der Waals surface area contributed by atoms with Crippen molar-refractivity contribution >= 4 is 50.9 Å². The molecule has 0 aromatic heterocycles. The second kappa shape index (κ2) is 7.71. The van der Waals surface area contributed by atoms with E-state index in [-0.39, 0.29) is 17.8 Å². The highest BCUT2D eigenvalue weighted by molar-refractivity contribution is 9.10. The number of hydrogen-bond donors (Lipinski definition) is 0. The van der Waals surface area contributed by atoms with E-state index in [9.17, 15) is 14.4 Å². The van der Waals surface area contributed by atoms with Crippen LogP contribution >= 0.6 is 27.7 Å². The monoisotopic (exact) mass is 415 g/mol. The summed E-state index contributed by atoms with van der Waals surface area (Å²) in [6.45, 7) is -0.264. The van der Waals surface area contributed by atoms with Gasteiger partial charge < -0.3 is 14.2 Å². The van der Waals surface area contributed by atoms with Crippen LogP contribution in [0.5, 0.6) is 11.5 Å². The lowest BCUT2D eigenvalue weighted by atomic mass is 10.2. The standard InChI is InChI=1S/C15H14BrNO6S/c1-17-14(19)11(24-15(17)20)6-8-4-9(16)13(10(5-8)21-2)23-7-12(18)22-3/h4-6H,7H2,1-3H3/b11-6-. The molecule has 0 N–H and O–H groups in total. The van der Waals surface area contributed by atoms with Gasteiger partial charge in [0.1, 0.15) is 0 Å². The van der Waals surface area contributed by atoms with Gasteiger partial charge >= 0.3 is 5.97 Å². The minimum atomic E-state index is -0.523. The molecule has 9 heteroatoms. The minimum Gasteiger partial charge on any atom is -0.493 e. The zero-order chi connectivity index (χ0) is 17.9. The first-order valence-electron chi connectivity index (χ1n) is 6.66. The number of esters is 1. The van der Waals surface area contributed by atoms with Gasteiger partial charge in [-0.25, -0.2) is 4.79 Å². The number of hydrogen-bond acceptors (Lipinski definition) is 7. The number of halogens is 1. The van der Waals surface area contributed by atoms with E-state index in [2.05, 4.69) is 20.7 Å². The molecule has 1 aliphatic rings. The van der Waals surface area contributed by atoms with E-state index in [1.165, 1.54) is 21.3 Å². The summed E-state index contributed by atoms with van der Waals surface area (Å²) in [6, 6.07) is 3.33. The quantitative estimate of drug-likeness (QED) is 0.539. The van der Waals surface area contributed by atoms with Gasteiger partial charge in [0.05, 0.1) is 23.6 Å². The molecule has 0 unspecified atom stereocenters. The Morgan fingerprint density at radius 3 is 2.58 bits per heavy atom. The Balaban J connectivity index is 2.31. The van der Waals surface area contributed by atoms with Gasteiger partial charge in [0, 0.05) is 7.05 Å². The molecule has 2 rings (SSSR count). The zero-order valence-corrected chi connectivity index (χ0v) is 15.5. The third kappa shape index (κ3) is 3.90. The molecule has 1 aromatic rings. The molecule has 0 bridgehead atoms. The van der Waals surface area contributed by atoms with Crippen molar-refractivity contribution in [1.82, 2.24) is 4.90 Å². The molecule has 7 nitrogen and oxygen atoms in total. The van der Waals surface area contributed by atoms with Crippen molar-refractivity contribution in [1.29, 1.82) is 0 Å². The van der Waals surface area contributed by atoms with E-state index in [1.54, 1.807) is 18.2 Å². The number of carbonyl (C=O) groups excluding carboxylic acids is 3. The number of methoxy groups -OCH3 is 2. The number of imide groups is 1. The van der Waals surface area contributed by atoms with E-state index in [1.807, 2.05) is 0 Å². The number of ether oxygens (including phenoxy) is 3. The maximum atomic E-state index is 11.9. The lowest BCUT2D eigenvalue weighted by Crippen LogP contribution is -2.22. The summed E-state index contributed by atoms with van der Waals surface area (Å²) in [6.07, 6.45) is 1.59. The predicted octanol–water partition coefficient (Wildman–Crippen LogP) is 2.68. The molecule has 0 atom stereocenters. The number of benzene rings is 1. The molecule has 1 saturated heterocycles. The Morgan fingerprint density at radius 1 is 1.33 bits per heavy atom. The largest absolute Gasteiger partial charge is 0.493 e. The molecule has 1 fully saturated rings. The van der Waals surface area contributed by atoms with Crippen LogP contribution in [-0.2, 0) is 14.3 Å². The maximum Gasteiger partial charge on any atom is 0.343 e. The molecule has 2 amide bonds. The van der Waals surface area contributed by atoms with Gasteiger partial charge in [-0.15, -0.1) is 0 Å². The summed E-state index contributed by atoms with van der Waals surface area (Å²) in [4.78, 5) is 36.0. The summed E-state index contributed by atoms with van der Waals surface area (Å²) in [7, 11) is 4.15. The normalized spacial score (nSPS) is 15.8. The molecule has 1 aromatic carbocycles. The number of nitrogens with zero attached hydrogens (tertiary/aromatic N) is 1. The van der Waals surface area contributed by atoms with Gasteiger partial charge in [-0.3, -0.25) is 14.5 Å². The number of thioether (sulfide) groups is 1. The number of carbonyl (C=O) groups is 3. The first-order valence-corrected chi connectivity index (χ1v) is 8.27. The van der Waals surface area contributed by atoms with Crippen LogP contribution in [0.15, 0.2) is 21.5 Å². The highest BCUT2D eigenvalue weighted by Crippen LogP contribution is 2.38. The van der Waals surface area contributed by atoms with Crippen molar-refractivity contribution in [2.24, 2.45) is 0 Å². The first-order chi connectivity index (χ1) is 11.4. The average Bonchev–Trinajstić information content (AvgIpc) is 2.80. The Hall–Kier alpha value is -2.00. The van der Waals surface area contributed by atoms with E-state index < -0.39 is 5.97 Å². The third-order valence-electron chi connectivity index (χ3n) is 3.10. The van der Waals surface area contributed by atoms with Crippen LogP contribution in [0.4, 0.5) is 4.79 Å². The van der Waals surface area contributed by atoms with E-state index >= 15 is 0 Å².